The van der Waals surface area contributed by atoms with Crippen LogP contribution >= 0.6 is 11.6 Å². The molecular weight excluding hydrogens is 248 g/mol. The molecule has 1 atom stereocenters. The second-order valence-electron chi connectivity index (χ2n) is 5.03. The van der Waals surface area contributed by atoms with Crippen LogP contribution in [0.2, 0.25) is 5.02 Å². The summed E-state index contributed by atoms with van der Waals surface area (Å²) < 4.78 is 2.00. The fraction of sp³-hybridized carbons (Fsp3) is 0.538. The minimum Gasteiger partial charge on any atom is -0.303 e. The summed E-state index contributed by atoms with van der Waals surface area (Å²) in [5.41, 5.74) is 0.868. The van der Waals surface area contributed by atoms with Crippen LogP contribution in [-0.4, -0.2) is 39.1 Å². The SMILES string of the molecule is CN1CCCCC1Cc1nnc2ccc(Cl)cn12. The van der Waals surface area contributed by atoms with Crippen LogP contribution in [0.15, 0.2) is 18.3 Å². The minimum atomic E-state index is 0.574. The number of likely N-dealkylation sites (N-methyl/N-ethyl adjacent to an activating group) is 1. The Morgan fingerprint density at radius 1 is 1.33 bits per heavy atom. The van der Waals surface area contributed by atoms with Crippen LogP contribution in [0.1, 0.15) is 25.1 Å². The van der Waals surface area contributed by atoms with Crippen molar-refractivity contribution in [2.45, 2.75) is 31.7 Å². The first kappa shape index (κ1) is 11.9. The van der Waals surface area contributed by atoms with Crippen LogP contribution in [-0.2, 0) is 6.42 Å². The standard InChI is InChI=1S/C13H17ClN4/c1-17-7-3-2-4-11(17)8-13-16-15-12-6-5-10(14)9-18(12)13/h5-6,9,11H,2-4,7-8H2,1H3. The van der Waals surface area contributed by atoms with Gasteiger partial charge in [0.1, 0.15) is 5.82 Å². The molecule has 3 heterocycles. The number of hydrogen-bond acceptors (Lipinski definition) is 3. The summed E-state index contributed by atoms with van der Waals surface area (Å²) in [5.74, 6) is 1.01. The highest BCUT2D eigenvalue weighted by atomic mass is 35.5. The van der Waals surface area contributed by atoms with Gasteiger partial charge < -0.3 is 4.90 Å². The summed E-state index contributed by atoms with van der Waals surface area (Å²) in [4.78, 5) is 2.43. The second-order valence-corrected chi connectivity index (χ2v) is 5.46. The van der Waals surface area contributed by atoms with Crippen molar-refractivity contribution in [2.24, 2.45) is 0 Å². The predicted octanol–water partition coefficient (Wildman–Crippen LogP) is 2.41. The topological polar surface area (TPSA) is 33.4 Å². The van der Waals surface area contributed by atoms with Gasteiger partial charge in [0.2, 0.25) is 0 Å². The van der Waals surface area contributed by atoms with Crippen LogP contribution < -0.4 is 0 Å². The zero-order valence-corrected chi connectivity index (χ0v) is 11.3. The van der Waals surface area contributed by atoms with Crippen molar-refractivity contribution < 1.29 is 0 Å². The van der Waals surface area contributed by atoms with Crippen LogP contribution in [0.25, 0.3) is 5.65 Å². The minimum absolute atomic E-state index is 0.574. The summed E-state index contributed by atoms with van der Waals surface area (Å²) in [7, 11) is 2.19. The molecule has 2 aromatic heterocycles. The van der Waals surface area contributed by atoms with E-state index >= 15 is 0 Å². The van der Waals surface area contributed by atoms with Gasteiger partial charge in [0, 0.05) is 18.7 Å². The first-order chi connectivity index (χ1) is 8.74. The van der Waals surface area contributed by atoms with Gasteiger partial charge in [-0.3, -0.25) is 4.40 Å². The summed E-state index contributed by atoms with van der Waals surface area (Å²) in [6.07, 6.45) is 6.70. The molecule has 1 aliphatic rings. The largest absolute Gasteiger partial charge is 0.303 e. The van der Waals surface area contributed by atoms with Gasteiger partial charge in [-0.05, 0) is 38.6 Å². The van der Waals surface area contributed by atoms with Gasteiger partial charge in [0.15, 0.2) is 5.65 Å². The third-order valence-corrected chi connectivity index (χ3v) is 4.00. The number of pyridine rings is 1. The molecule has 1 saturated heterocycles. The van der Waals surface area contributed by atoms with E-state index in [4.69, 9.17) is 11.6 Å². The van der Waals surface area contributed by atoms with Gasteiger partial charge in [-0.15, -0.1) is 10.2 Å². The van der Waals surface area contributed by atoms with E-state index in [-0.39, 0.29) is 0 Å². The van der Waals surface area contributed by atoms with Crippen molar-refractivity contribution in [2.75, 3.05) is 13.6 Å². The summed E-state index contributed by atoms with van der Waals surface area (Å²) in [6, 6.07) is 4.33. The van der Waals surface area contributed by atoms with E-state index in [0.717, 1.165) is 22.9 Å². The van der Waals surface area contributed by atoms with Crippen molar-refractivity contribution >= 4 is 17.2 Å². The Morgan fingerprint density at radius 2 is 2.22 bits per heavy atom. The molecule has 0 N–H and O–H groups in total. The second kappa shape index (κ2) is 4.86. The number of likely N-dealkylation sites (tertiary alicyclic amines) is 1. The maximum absolute atomic E-state index is 6.03. The highest BCUT2D eigenvalue weighted by molar-refractivity contribution is 6.30. The number of fused-ring (bicyclic) bond motifs is 1. The molecule has 1 aliphatic heterocycles. The number of aromatic nitrogens is 3. The number of piperidine rings is 1. The molecule has 0 saturated carbocycles. The van der Waals surface area contributed by atoms with Gasteiger partial charge in [0.25, 0.3) is 0 Å². The normalized spacial score (nSPS) is 21.6. The third kappa shape index (κ3) is 2.22. The van der Waals surface area contributed by atoms with Crippen LogP contribution in [0, 0.1) is 0 Å². The maximum Gasteiger partial charge on any atom is 0.160 e. The average Bonchev–Trinajstić information content (AvgIpc) is 2.75. The molecule has 1 fully saturated rings. The van der Waals surface area contributed by atoms with Gasteiger partial charge in [0.05, 0.1) is 5.02 Å². The Labute approximate surface area is 112 Å². The molecule has 3 rings (SSSR count). The fourth-order valence-corrected chi connectivity index (χ4v) is 2.82. The van der Waals surface area contributed by atoms with E-state index in [2.05, 4.69) is 22.1 Å². The van der Waals surface area contributed by atoms with Crippen LogP contribution in [0.5, 0.6) is 0 Å². The van der Waals surface area contributed by atoms with E-state index in [1.807, 2.05) is 22.7 Å². The lowest BCUT2D eigenvalue weighted by Gasteiger charge is -2.31. The number of rotatable bonds is 2. The Hall–Kier alpha value is -1.13. The first-order valence-corrected chi connectivity index (χ1v) is 6.81. The van der Waals surface area contributed by atoms with E-state index < -0.39 is 0 Å². The Balaban J connectivity index is 1.87. The molecule has 2 aromatic rings. The number of halogens is 1. The highest BCUT2D eigenvalue weighted by Crippen LogP contribution is 2.19. The van der Waals surface area contributed by atoms with Gasteiger partial charge >= 0.3 is 0 Å². The lowest BCUT2D eigenvalue weighted by molar-refractivity contribution is 0.182. The maximum atomic E-state index is 6.03. The molecule has 0 aliphatic carbocycles. The number of hydrogen-bond donors (Lipinski definition) is 0. The van der Waals surface area contributed by atoms with E-state index in [9.17, 15) is 0 Å². The van der Waals surface area contributed by atoms with Crippen molar-refractivity contribution in [3.05, 3.63) is 29.2 Å². The number of nitrogens with zero attached hydrogens (tertiary/aromatic N) is 4. The molecule has 0 spiro atoms. The summed E-state index contributed by atoms with van der Waals surface area (Å²) in [6.45, 7) is 1.18. The van der Waals surface area contributed by atoms with Crippen LogP contribution in [0.3, 0.4) is 0 Å². The molecule has 1 unspecified atom stereocenters. The molecule has 0 amide bonds. The third-order valence-electron chi connectivity index (χ3n) is 3.78. The van der Waals surface area contributed by atoms with Crippen molar-refractivity contribution in [1.29, 1.82) is 0 Å². The zero-order valence-electron chi connectivity index (χ0n) is 10.5. The van der Waals surface area contributed by atoms with Crippen molar-refractivity contribution in [1.82, 2.24) is 19.5 Å². The van der Waals surface area contributed by atoms with Gasteiger partial charge in [-0.25, -0.2) is 0 Å². The summed E-state index contributed by atoms with van der Waals surface area (Å²) in [5, 5.41) is 9.20. The average molecular weight is 265 g/mol. The smallest absolute Gasteiger partial charge is 0.160 e. The van der Waals surface area contributed by atoms with E-state index in [1.54, 1.807) is 0 Å². The zero-order chi connectivity index (χ0) is 12.5. The Kier molecular flexibility index (Phi) is 3.22. The van der Waals surface area contributed by atoms with E-state index in [1.165, 1.54) is 25.8 Å². The summed E-state index contributed by atoms with van der Waals surface area (Å²) >= 11 is 6.03. The monoisotopic (exact) mass is 264 g/mol. The molecule has 96 valence electrons. The Morgan fingerprint density at radius 3 is 3.06 bits per heavy atom. The van der Waals surface area contributed by atoms with Crippen molar-refractivity contribution in [3.63, 3.8) is 0 Å². The van der Waals surface area contributed by atoms with Crippen molar-refractivity contribution in [3.8, 4) is 0 Å². The van der Waals surface area contributed by atoms with Gasteiger partial charge in [-0.1, -0.05) is 18.0 Å². The Bertz CT molecular complexity index is 551. The molecule has 18 heavy (non-hydrogen) atoms. The molecule has 4 nitrogen and oxygen atoms in total. The quantitative estimate of drug-likeness (QED) is 0.835. The van der Waals surface area contributed by atoms with Crippen LogP contribution in [0.4, 0.5) is 0 Å². The highest BCUT2D eigenvalue weighted by Gasteiger charge is 2.21. The first-order valence-electron chi connectivity index (χ1n) is 6.43. The lowest BCUT2D eigenvalue weighted by atomic mass is 10.00. The predicted molar refractivity (Wildman–Crippen MR) is 72.0 cm³/mol. The lowest BCUT2D eigenvalue weighted by Crippen LogP contribution is -2.38. The molecule has 0 bridgehead atoms. The van der Waals surface area contributed by atoms with Gasteiger partial charge in [-0.2, -0.15) is 0 Å². The molecule has 0 radical (unpaired) electrons. The fourth-order valence-electron chi connectivity index (χ4n) is 2.66. The van der Waals surface area contributed by atoms with E-state index in [0.29, 0.717) is 6.04 Å². The molecule has 0 aromatic carbocycles. The molecule has 5 heteroatoms. The molecular formula is C13H17ClN4.